The molecule has 2 aliphatic rings. The van der Waals surface area contributed by atoms with Gasteiger partial charge in [-0.15, -0.1) is 0 Å². The van der Waals surface area contributed by atoms with E-state index in [-0.39, 0.29) is 23.8 Å². The highest BCUT2D eigenvalue weighted by molar-refractivity contribution is 5.80. The lowest BCUT2D eigenvalue weighted by Gasteiger charge is -2.33. The normalized spacial score (nSPS) is 24.5. The quantitative estimate of drug-likeness (QED) is 0.772. The molecule has 6 nitrogen and oxygen atoms in total. The summed E-state index contributed by atoms with van der Waals surface area (Å²) in [4.78, 5) is 27.6. The first-order valence-electron chi connectivity index (χ1n) is 7.39. The van der Waals surface area contributed by atoms with E-state index >= 15 is 0 Å². The molecule has 0 aliphatic carbocycles. The van der Waals surface area contributed by atoms with Crippen LogP contribution in [0.2, 0.25) is 0 Å². The fraction of sp³-hybridized carbons (Fsp3) is 0.857. The summed E-state index contributed by atoms with van der Waals surface area (Å²) >= 11 is 0. The predicted octanol–water partition coefficient (Wildman–Crippen LogP) is -0.308. The van der Waals surface area contributed by atoms with E-state index in [4.69, 9.17) is 4.74 Å². The van der Waals surface area contributed by atoms with Gasteiger partial charge in [0.15, 0.2) is 0 Å². The molecule has 0 aromatic heterocycles. The van der Waals surface area contributed by atoms with Crippen LogP contribution in [0.1, 0.15) is 19.3 Å². The van der Waals surface area contributed by atoms with E-state index in [9.17, 15) is 9.59 Å². The third kappa shape index (κ3) is 3.93. The summed E-state index contributed by atoms with van der Waals surface area (Å²) in [5.41, 5.74) is 0. The highest BCUT2D eigenvalue weighted by Gasteiger charge is 2.29. The van der Waals surface area contributed by atoms with Crippen LogP contribution in [0.5, 0.6) is 0 Å². The first-order chi connectivity index (χ1) is 9.58. The van der Waals surface area contributed by atoms with Crippen LogP contribution < -0.4 is 5.32 Å². The standard InChI is InChI=1S/C14H25N3O3/c1-16(2)14(19)11-3-6-17(7-4-11)13(18)9-12-10-15-5-8-20-12/h11-12,15H,3-10H2,1-2H3. The molecule has 0 radical (unpaired) electrons. The number of piperidine rings is 1. The van der Waals surface area contributed by atoms with Crippen LogP contribution in [0.15, 0.2) is 0 Å². The Labute approximate surface area is 120 Å². The highest BCUT2D eigenvalue weighted by atomic mass is 16.5. The molecule has 1 atom stereocenters. The van der Waals surface area contributed by atoms with Gasteiger partial charge in [-0.25, -0.2) is 0 Å². The Morgan fingerprint density at radius 1 is 1.30 bits per heavy atom. The summed E-state index contributed by atoms with van der Waals surface area (Å²) in [5, 5.41) is 3.23. The molecule has 1 unspecified atom stereocenters. The van der Waals surface area contributed by atoms with Crippen molar-refractivity contribution in [3.05, 3.63) is 0 Å². The van der Waals surface area contributed by atoms with Crippen LogP contribution in [0.3, 0.4) is 0 Å². The Bertz CT molecular complexity index is 346. The van der Waals surface area contributed by atoms with Gasteiger partial charge in [0.2, 0.25) is 11.8 Å². The van der Waals surface area contributed by atoms with Gasteiger partial charge in [0.25, 0.3) is 0 Å². The van der Waals surface area contributed by atoms with Gasteiger partial charge in [0.1, 0.15) is 0 Å². The zero-order valence-electron chi connectivity index (χ0n) is 12.4. The first-order valence-corrected chi connectivity index (χ1v) is 7.39. The maximum atomic E-state index is 12.2. The number of hydrogen-bond donors (Lipinski definition) is 1. The maximum Gasteiger partial charge on any atom is 0.225 e. The van der Waals surface area contributed by atoms with Gasteiger partial charge in [-0.1, -0.05) is 0 Å². The molecule has 0 aromatic carbocycles. The van der Waals surface area contributed by atoms with Crippen molar-refractivity contribution in [3.63, 3.8) is 0 Å². The number of likely N-dealkylation sites (tertiary alicyclic amines) is 1. The fourth-order valence-electron chi connectivity index (χ4n) is 2.82. The molecular weight excluding hydrogens is 258 g/mol. The zero-order chi connectivity index (χ0) is 14.5. The molecule has 2 fully saturated rings. The second-order valence-electron chi connectivity index (χ2n) is 5.79. The van der Waals surface area contributed by atoms with Crippen LogP contribution in [-0.4, -0.2) is 74.6 Å². The van der Waals surface area contributed by atoms with Crippen LogP contribution in [0, 0.1) is 5.92 Å². The summed E-state index contributed by atoms with van der Waals surface area (Å²) in [5.74, 6) is 0.396. The van der Waals surface area contributed by atoms with Crippen molar-refractivity contribution in [1.29, 1.82) is 0 Å². The van der Waals surface area contributed by atoms with Crippen molar-refractivity contribution >= 4 is 11.8 Å². The molecule has 2 saturated heterocycles. The number of rotatable bonds is 3. The topological polar surface area (TPSA) is 61.9 Å². The number of nitrogens with one attached hydrogen (secondary N) is 1. The number of carbonyl (C=O) groups is 2. The average molecular weight is 283 g/mol. The Morgan fingerprint density at radius 3 is 2.55 bits per heavy atom. The number of nitrogens with zero attached hydrogens (tertiary/aromatic N) is 2. The summed E-state index contributed by atoms with van der Waals surface area (Å²) in [6, 6.07) is 0. The molecule has 0 spiro atoms. The van der Waals surface area contributed by atoms with E-state index in [1.54, 1.807) is 19.0 Å². The van der Waals surface area contributed by atoms with Gasteiger partial charge >= 0.3 is 0 Å². The van der Waals surface area contributed by atoms with E-state index in [0.29, 0.717) is 26.1 Å². The smallest absolute Gasteiger partial charge is 0.225 e. The molecule has 2 aliphatic heterocycles. The molecule has 0 saturated carbocycles. The van der Waals surface area contributed by atoms with Crippen molar-refractivity contribution in [2.45, 2.75) is 25.4 Å². The summed E-state index contributed by atoms with van der Waals surface area (Å²) < 4.78 is 5.56. The van der Waals surface area contributed by atoms with E-state index in [0.717, 1.165) is 25.9 Å². The van der Waals surface area contributed by atoms with E-state index in [1.165, 1.54) is 0 Å². The van der Waals surface area contributed by atoms with E-state index < -0.39 is 0 Å². The minimum atomic E-state index is -0.00243. The fourth-order valence-corrected chi connectivity index (χ4v) is 2.82. The van der Waals surface area contributed by atoms with Gasteiger partial charge < -0.3 is 19.9 Å². The van der Waals surface area contributed by atoms with Gasteiger partial charge in [0.05, 0.1) is 19.1 Å². The molecule has 20 heavy (non-hydrogen) atoms. The molecule has 0 bridgehead atoms. The van der Waals surface area contributed by atoms with Gasteiger partial charge in [-0.05, 0) is 12.8 Å². The predicted molar refractivity (Wildman–Crippen MR) is 75.2 cm³/mol. The number of hydrogen-bond acceptors (Lipinski definition) is 4. The Morgan fingerprint density at radius 2 is 2.00 bits per heavy atom. The summed E-state index contributed by atoms with van der Waals surface area (Å²) in [7, 11) is 3.57. The Hall–Kier alpha value is -1.14. The van der Waals surface area contributed by atoms with Gasteiger partial charge in [0, 0.05) is 46.2 Å². The molecule has 114 valence electrons. The second-order valence-corrected chi connectivity index (χ2v) is 5.79. The minimum Gasteiger partial charge on any atom is -0.375 e. The number of carbonyl (C=O) groups excluding carboxylic acids is 2. The lowest BCUT2D eigenvalue weighted by molar-refractivity contribution is -0.140. The lowest BCUT2D eigenvalue weighted by atomic mass is 9.95. The molecule has 1 N–H and O–H groups in total. The SMILES string of the molecule is CN(C)C(=O)C1CCN(C(=O)CC2CNCCO2)CC1. The summed E-state index contributed by atoms with van der Waals surface area (Å²) in [6.07, 6.45) is 1.98. The van der Waals surface area contributed by atoms with E-state index in [1.807, 2.05) is 4.90 Å². The van der Waals surface area contributed by atoms with Crippen molar-refractivity contribution in [1.82, 2.24) is 15.1 Å². The van der Waals surface area contributed by atoms with Crippen molar-refractivity contribution < 1.29 is 14.3 Å². The number of amides is 2. The largest absolute Gasteiger partial charge is 0.375 e. The molecule has 0 aromatic rings. The zero-order valence-corrected chi connectivity index (χ0v) is 12.4. The Balaban J connectivity index is 1.75. The molecular formula is C14H25N3O3. The second kappa shape index (κ2) is 7.04. The van der Waals surface area contributed by atoms with Crippen LogP contribution in [0.25, 0.3) is 0 Å². The third-order valence-electron chi connectivity index (χ3n) is 4.04. The van der Waals surface area contributed by atoms with Crippen molar-refractivity contribution in [3.8, 4) is 0 Å². The average Bonchev–Trinajstić information content (AvgIpc) is 2.47. The van der Waals surface area contributed by atoms with Crippen molar-refractivity contribution in [2.24, 2.45) is 5.92 Å². The summed E-state index contributed by atoms with van der Waals surface area (Å²) in [6.45, 7) is 3.66. The molecule has 2 rings (SSSR count). The maximum absolute atomic E-state index is 12.2. The molecule has 2 amide bonds. The number of morpholine rings is 1. The van der Waals surface area contributed by atoms with Crippen LogP contribution in [0.4, 0.5) is 0 Å². The minimum absolute atomic E-state index is 0.00243. The third-order valence-corrected chi connectivity index (χ3v) is 4.04. The van der Waals surface area contributed by atoms with Crippen LogP contribution in [-0.2, 0) is 14.3 Å². The number of ether oxygens (including phenoxy) is 1. The van der Waals surface area contributed by atoms with Crippen molar-refractivity contribution in [2.75, 3.05) is 46.9 Å². The first kappa shape index (κ1) is 15.3. The van der Waals surface area contributed by atoms with Gasteiger partial charge in [-0.3, -0.25) is 9.59 Å². The lowest BCUT2D eigenvalue weighted by Crippen LogP contribution is -2.46. The van der Waals surface area contributed by atoms with E-state index in [2.05, 4.69) is 5.32 Å². The molecule has 2 heterocycles. The Kier molecular flexibility index (Phi) is 5.37. The van der Waals surface area contributed by atoms with Gasteiger partial charge in [-0.2, -0.15) is 0 Å². The van der Waals surface area contributed by atoms with Crippen LogP contribution >= 0.6 is 0 Å². The monoisotopic (exact) mass is 283 g/mol. The highest BCUT2D eigenvalue weighted by Crippen LogP contribution is 2.20. The molecule has 6 heteroatoms.